The first-order chi connectivity index (χ1) is 14.7. The Morgan fingerprint density at radius 2 is 1.87 bits per heavy atom. The maximum absolute atomic E-state index is 13.4. The SMILES string of the molecule is CC(C)=CCOc1c(-c2ccc(O)cc2)oc2cc3c(c(O)c2c1=O)C=CC(C)(C)O3. The zero-order chi connectivity index (χ0) is 22.3. The molecule has 2 aromatic carbocycles. The lowest BCUT2D eigenvalue weighted by Gasteiger charge is -2.28. The third-order valence-corrected chi connectivity index (χ3v) is 4.99. The van der Waals surface area contributed by atoms with Gasteiger partial charge in [-0.1, -0.05) is 5.57 Å². The summed E-state index contributed by atoms with van der Waals surface area (Å²) in [7, 11) is 0. The van der Waals surface area contributed by atoms with Crippen LogP contribution in [0.15, 0.2) is 57.3 Å². The number of benzene rings is 2. The first kappa shape index (κ1) is 20.6. The number of ether oxygens (including phenoxy) is 2. The maximum atomic E-state index is 13.4. The molecule has 0 saturated heterocycles. The Balaban J connectivity index is 1.98. The van der Waals surface area contributed by atoms with E-state index in [-0.39, 0.29) is 40.6 Å². The first-order valence-corrected chi connectivity index (χ1v) is 9.97. The van der Waals surface area contributed by atoms with Gasteiger partial charge >= 0.3 is 0 Å². The molecule has 31 heavy (non-hydrogen) atoms. The summed E-state index contributed by atoms with van der Waals surface area (Å²) in [6, 6.07) is 7.88. The summed E-state index contributed by atoms with van der Waals surface area (Å²) in [5.74, 6) is 0.512. The molecule has 4 rings (SSSR count). The van der Waals surface area contributed by atoms with Gasteiger partial charge in [-0.3, -0.25) is 4.79 Å². The predicted octanol–water partition coefficient (Wildman–Crippen LogP) is 5.40. The number of rotatable bonds is 4. The van der Waals surface area contributed by atoms with E-state index in [4.69, 9.17) is 13.9 Å². The monoisotopic (exact) mass is 420 g/mol. The average Bonchev–Trinajstić information content (AvgIpc) is 2.69. The van der Waals surface area contributed by atoms with Crippen molar-refractivity contribution in [2.24, 2.45) is 0 Å². The van der Waals surface area contributed by atoms with E-state index in [2.05, 4.69) is 0 Å². The van der Waals surface area contributed by atoms with E-state index in [1.54, 1.807) is 24.3 Å². The third-order valence-electron chi connectivity index (χ3n) is 4.99. The second kappa shape index (κ2) is 7.54. The minimum Gasteiger partial charge on any atom is -0.508 e. The Hall–Kier alpha value is -3.67. The van der Waals surface area contributed by atoms with Crippen LogP contribution in [-0.2, 0) is 0 Å². The number of phenols is 2. The van der Waals surface area contributed by atoms with Crippen LogP contribution < -0.4 is 14.9 Å². The van der Waals surface area contributed by atoms with Crippen LogP contribution in [0.3, 0.4) is 0 Å². The summed E-state index contributed by atoms with van der Waals surface area (Å²) in [5, 5.41) is 20.6. The van der Waals surface area contributed by atoms with Crippen molar-refractivity contribution in [3.8, 4) is 34.3 Å². The first-order valence-electron chi connectivity index (χ1n) is 9.97. The van der Waals surface area contributed by atoms with Crippen LogP contribution in [0.4, 0.5) is 0 Å². The number of hydrogen-bond acceptors (Lipinski definition) is 6. The molecule has 0 unspecified atom stereocenters. The highest BCUT2D eigenvalue weighted by Gasteiger charge is 2.28. The maximum Gasteiger partial charge on any atom is 0.239 e. The van der Waals surface area contributed by atoms with Crippen molar-refractivity contribution in [2.75, 3.05) is 6.61 Å². The van der Waals surface area contributed by atoms with Gasteiger partial charge in [-0.05, 0) is 70.2 Å². The van der Waals surface area contributed by atoms with Crippen molar-refractivity contribution in [3.63, 3.8) is 0 Å². The highest BCUT2D eigenvalue weighted by Crippen LogP contribution is 2.43. The van der Waals surface area contributed by atoms with Crippen LogP contribution in [0.1, 0.15) is 33.3 Å². The van der Waals surface area contributed by atoms with Crippen molar-refractivity contribution in [1.82, 2.24) is 0 Å². The van der Waals surface area contributed by atoms with Gasteiger partial charge < -0.3 is 24.1 Å². The van der Waals surface area contributed by atoms with Gasteiger partial charge in [-0.25, -0.2) is 0 Å². The molecule has 6 nitrogen and oxygen atoms in total. The fourth-order valence-corrected chi connectivity index (χ4v) is 3.38. The van der Waals surface area contributed by atoms with E-state index >= 15 is 0 Å². The summed E-state index contributed by atoms with van der Waals surface area (Å²) in [4.78, 5) is 13.4. The Kier molecular flexibility index (Phi) is 5.01. The van der Waals surface area contributed by atoms with E-state index in [1.165, 1.54) is 12.1 Å². The Labute approximate surface area is 179 Å². The number of hydrogen-bond donors (Lipinski definition) is 2. The van der Waals surface area contributed by atoms with Crippen LogP contribution >= 0.6 is 0 Å². The Morgan fingerprint density at radius 3 is 2.55 bits per heavy atom. The van der Waals surface area contributed by atoms with Crippen LogP contribution in [0, 0.1) is 0 Å². The van der Waals surface area contributed by atoms with Crippen molar-refractivity contribution in [1.29, 1.82) is 0 Å². The quantitative estimate of drug-likeness (QED) is 0.549. The normalized spacial score (nSPS) is 14.1. The molecule has 160 valence electrons. The number of phenolic OH excluding ortho intramolecular Hbond substituents is 2. The van der Waals surface area contributed by atoms with Crippen molar-refractivity contribution >= 4 is 17.0 Å². The average molecular weight is 420 g/mol. The van der Waals surface area contributed by atoms with E-state index < -0.39 is 11.0 Å². The minimum absolute atomic E-state index is 0.00743. The molecule has 2 N–H and O–H groups in total. The number of aromatic hydroxyl groups is 2. The van der Waals surface area contributed by atoms with Crippen LogP contribution in [0.25, 0.3) is 28.4 Å². The van der Waals surface area contributed by atoms with Crippen molar-refractivity contribution < 1.29 is 24.1 Å². The highest BCUT2D eigenvalue weighted by atomic mass is 16.5. The van der Waals surface area contributed by atoms with Gasteiger partial charge in [-0.2, -0.15) is 0 Å². The molecule has 3 aromatic rings. The predicted molar refractivity (Wildman–Crippen MR) is 120 cm³/mol. The summed E-state index contributed by atoms with van der Waals surface area (Å²) in [5.41, 5.74) is 1.17. The molecule has 6 heteroatoms. The van der Waals surface area contributed by atoms with E-state index in [0.717, 1.165) is 5.57 Å². The lowest BCUT2D eigenvalue weighted by molar-refractivity contribution is 0.158. The molecule has 2 heterocycles. The van der Waals surface area contributed by atoms with Gasteiger partial charge in [0.05, 0.1) is 5.56 Å². The van der Waals surface area contributed by atoms with Crippen molar-refractivity contribution in [3.05, 3.63) is 63.8 Å². The fourth-order valence-electron chi connectivity index (χ4n) is 3.38. The van der Waals surface area contributed by atoms with Gasteiger partial charge in [0.25, 0.3) is 0 Å². The standard InChI is InChI=1S/C25H24O6/c1-14(2)10-12-29-24-22(28)20-19(30-23(24)15-5-7-16(26)8-6-15)13-18-17(21(20)27)9-11-25(3,4)31-18/h5-11,13,26-27H,12H2,1-4H3. The molecule has 0 aliphatic carbocycles. The summed E-state index contributed by atoms with van der Waals surface area (Å²) >= 11 is 0. The van der Waals surface area contributed by atoms with Gasteiger partial charge in [0.2, 0.25) is 11.2 Å². The number of fused-ring (bicyclic) bond motifs is 2. The van der Waals surface area contributed by atoms with Gasteiger partial charge in [0.1, 0.15) is 40.4 Å². The highest BCUT2D eigenvalue weighted by molar-refractivity contribution is 5.93. The zero-order valence-electron chi connectivity index (χ0n) is 17.9. The molecule has 0 radical (unpaired) electrons. The van der Waals surface area contributed by atoms with E-state index in [1.807, 2.05) is 39.8 Å². The molecular formula is C25H24O6. The summed E-state index contributed by atoms with van der Waals surface area (Å²) < 4.78 is 17.8. The molecule has 0 atom stereocenters. The second-order valence-corrected chi connectivity index (χ2v) is 8.28. The third kappa shape index (κ3) is 3.89. The molecule has 0 saturated carbocycles. The fraction of sp³-hybridized carbons (Fsp3) is 0.240. The molecule has 1 aromatic heterocycles. The Bertz CT molecular complexity index is 1270. The van der Waals surface area contributed by atoms with Gasteiger partial charge in [-0.15, -0.1) is 0 Å². The van der Waals surface area contributed by atoms with Gasteiger partial charge in [0.15, 0.2) is 5.76 Å². The lowest BCUT2D eigenvalue weighted by atomic mass is 9.99. The van der Waals surface area contributed by atoms with E-state index in [0.29, 0.717) is 16.9 Å². The Morgan fingerprint density at radius 1 is 1.16 bits per heavy atom. The molecule has 0 spiro atoms. The van der Waals surface area contributed by atoms with E-state index in [9.17, 15) is 15.0 Å². The molecular weight excluding hydrogens is 396 g/mol. The summed E-state index contributed by atoms with van der Waals surface area (Å²) in [6.07, 6.45) is 5.40. The molecule has 1 aliphatic heterocycles. The van der Waals surface area contributed by atoms with Crippen LogP contribution in [-0.4, -0.2) is 22.4 Å². The molecule has 0 bridgehead atoms. The lowest BCUT2D eigenvalue weighted by Crippen LogP contribution is -2.27. The van der Waals surface area contributed by atoms with Crippen LogP contribution in [0.5, 0.6) is 23.0 Å². The topological polar surface area (TPSA) is 89.1 Å². The second-order valence-electron chi connectivity index (χ2n) is 8.28. The van der Waals surface area contributed by atoms with Gasteiger partial charge in [0, 0.05) is 11.6 Å². The molecule has 0 fully saturated rings. The van der Waals surface area contributed by atoms with Crippen LogP contribution in [0.2, 0.25) is 0 Å². The molecule has 0 amide bonds. The molecule has 1 aliphatic rings. The smallest absolute Gasteiger partial charge is 0.239 e. The van der Waals surface area contributed by atoms with Crippen molar-refractivity contribution in [2.45, 2.75) is 33.3 Å². The zero-order valence-corrected chi connectivity index (χ0v) is 17.9. The largest absolute Gasteiger partial charge is 0.508 e. The number of allylic oxidation sites excluding steroid dienone is 1. The summed E-state index contributed by atoms with van der Waals surface area (Å²) in [6.45, 7) is 7.82. The minimum atomic E-state index is -0.555.